The van der Waals surface area contributed by atoms with Gasteiger partial charge in [-0.3, -0.25) is 4.72 Å². The Bertz CT molecular complexity index is 1540. The van der Waals surface area contributed by atoms with Crippen LogP contribution in [-0.4, -0.2) is 29.1 Å². The molecule has 0 spiro atoms. The number of aromatic hydroxyl groups is 1. The monoisotopic (exact) mass is 483 g/mol. The number of rotatable bonds is 6. The number of nitrogens with one attached hydrogen (secondary N) is 1. The zero-order chi connectivity index (χ0) is 23.8. The average Bonchev–Trinajstić information content (AvgIpc) is 2.81. The number of fused-ring (bicyclic) bond motifs is 1. The minimum Gasteiger partial charge on any atom is -0.506 e. The van der Waals surface area contributed by atoms with Crippen LogP contribution in [0.4, 0.5) is 5.69 Å². The Morgan fingerprint density at radius 2 is 1.36 bits per heavy atom. The molecule has 4 aromatic rings. The molecule has 7 nitrogen and oxygen atoms in total. The molecule has 4 aromatic carbocycles. The SMILES string of the molecule is COc1ccc(S(=O)(=O)Nc2cc(S(=O)(=O)c3ccc(C)cc3)c(O)c3ccccc23)cc1. The molecule has 0 aliphatic heterocycles. The van der Waals surface area contributed by atoms with Gasteiger partial charge in [-0.15, -0.1) is 0 Å². The number of ether oxygens (including phenoxy) is 1. The Hall–Kier alpha value is -3.56. The number of hydrogen-bond donors (Lipinski definition) is 2. The van der Waals surface area contributed by atoms with Crippen LogP contribution in [0, 0.1) is 6.92 Å². The van der Waals surface area contributed by atoms with Crippen LogP contribution in [-0.2, 0) is 19.9 Å². The quantitative estimate of drug-likeness (QED) is 0.391. The second kappa shape index (κ2) is 8.42. The first-order chi connectivity index (χ1) is 15.6. The number of hydrogen-bond acceptors (Lipinski definition) is 6. The second-order valence-corrected chi connectivity index (χ2v) is 11.0. The first-order valence-electron chi connectivity index (χ1n) is 9.87. The van der Waals surface area contributed by atoms with Gasteiger partial charge in [0.15, 0.2) is 0 Å². The summed E-state index contributed by atoms with van der Waals surface area (Å²) in [4.78, 5) is -0.427. The van der Waals surface area contributed by atoms with Gasteiger partial charge in [0.05, 0.1) is 22.6 Å². The van der Waals surface area contributed by atoms with Crippen LogP contribution < -0.4 is 9.46 Å². The summed E-state index contributed by atoms with van der Waals surface area (Å²) in [5, 5.41) is 11.4. The number of aryl methyl sites for hydroxylation is 1. The molecule has 0 amide bonds. The first-order valence-corrected chi connectivity index (χ1v) is 12.8. The Labute approximate surface area is 192 Å². The Morgan fingerprint density at radius 1 is 0.788 bits per heavy atom. The maximum absolute atomic E-state index is 13.3. The van der Waals surface area contributed by atoms with E-state index in [-0.39, 0.29) is 20.9 Å². The molecule has 0 radical (unpaired) electrons. The summed E-state index contributed by atoms with van der Waals surface area (Å²) in [6.07, 6.45) is 0. The fraction of sp³-hybridized carbons (Fsp3) is 0.0833. The highest BCUT2D eigenvalue weighted by Gasteiger charge is 2.26. The van der Waals surface area contributed by atoms with Crippen molar-refractivity contribution in [1.29, 1.82) is 0 Å². The maximum atomic E-state index is 13.3. The fourth-order valence-corrected chi connectivity index (χ4v) is 5.88. The molecule has 4 rings (SSSR count). The van der Waals surface area contributed by atoms with Crippen molar-refractivity contribution in [2.24, 2.45) is 0 Å². The van der Waals surface area contributed by atoms with Gasteiger partial charge in [0.1, 0.15) is 16.4 Å². The summed E-state index contributed by atoms with van der Waals surface area (Å²) < 4.78 is 60.2. The van der Waals surface area contributed by atoms with Crippen LogP contribution in [0.5, 0.6) is 11.5 Å². The predicted molar refractivity (Wildman–Crippen MR) is 126 cm³/mol. The number of benzene rings is 4. The number of sulfone groups is 1. The van der Waals surface area contributed by atoms with Crippen LogP contribution in [0.25, 0.3) is 10.8 Å². The first kappa shape index (κ1) is 22.6. The third kappa shape index (κ3) is 4.24. The molecule has 0 saturated heterocycles. The lowest BCUT2D eigenvalue weighted by atomic mass is 10.1. The molecule has 0 aromatic heterocycles. The van der Waals surface area contributed by atoms with Gasteiger partial charge in [-0.25, -0.2) is 16.8 Å². The molecule has 0 heterocycles. The van der Waals surface area contributed by atoms with Crippen molar-refractivity contribution >= 4 is 36.3 Å². The van der Waals surface area contributed by atoms with Crippen LogP contribution in [0.2, 0.25) is 0 Å². The summed E-state index contributed by atoms with van der Waals surface area (Å²) in [6.45, 7) is 1.83. The molecule has 0 aliphatic rings. The van der Waals surface area contributed by atoms with E-state index in [9.17, 15) is 21.9 Å². The Balaban J connectivity index is 1.88. The van der Waals surface area contributed by atoms with E-state index in [1.165, 1.54) is 49.6 Å². The van der Waals surface area contributed by atoms with E-state index >= 15 is 0 Å². The van der Waals surface area contributed by atoms with Gasteiger partial charge in [-0.05, 0) is 49.4 Å². The average molecular weight is 484 g/mol. The van der Waals surface area contributed by atoms with E-state index in [1.54, 1.807) is 30.3 Å². The van der Waals surface area contributed by atoms with Gasteiger partial charge in [0.25, 0.3) is 10.0 Å². The third-order valence-electron chi connectivity index (χ3n) is 5.22. The Morgan fingerprint density at radius 3 is 1.97 bits per heavy atom. The Kier molecular flexibility index (Phi) is 5.77. The molecular weight excluding hydrogens is 462 g/mol. The summed E-state index contributed by atoms with van der Waals surface area (Å²) in [6, 6.07) is 19.6. The topological polar surface area (TPSA) is 110 Å². The van der Waals surface area contributed by atoms with Crippen molar-refractivity contribution in [2.75, 3.05) is 11.8 Å². The highest BCUT2D eigenvalue weighted by atomic mass is 32.2. The van der Waals surface area contributed by atoms with Gasteiger partial charge in [0, 0.05) is 10.8 Å². The van der Waals surface area contributed by atoms with Crippen molar-refractivity contribution in [3.8, 4) is 11.5 Å². The lowest BCUT2D eigenvalue weighted by Gasteiger charge is -2.15. The summed E-state index contributed by atoms with van der Waals surface area (Å²) in [5.41, 5.74) is 0.912. The van der Waals surface area contributed by atoms with E-state index in [2.05, 4.69) is 4.72 Å². The smallest absolute Gasteiger partial charge is 0.261 e. The molecule has 0 fully saturated rings. The highest BCUT2D eigenvalue weighted by molar-refractivity contribution is 7.93. The highest BCUT2D eigenvalue weighted by Crippen LogP contribution is 2.40. The molecule has 170 valence electrons. The van der Waals surface area contributed by atoms with Gasteiger partial charge < -0.3 is 9.84 Å². The minimum absolute atomic E-state index is 0.0114. The zero-order valence-electron chi connectivity index (χ0n) is 17.8. The van der Waals surface area contributed by atoms with E-state index in [4.69, 9.17) is 4.74 Å². The van der Waals surface area contributed by atoms with Crippen LogP contribution >= 0.6 is 0 Å². The standard InChI is InChI=1S/C24H21NO6S2/c1-16-7-11-18(12-8-16)32(27,28)23-15-22(20-5-3-4-6-21(20)24(23)26)25-33(29,30)19-13-9-17(31-2)10-14-19/h3-15,25-26H,1-2H3. The van der Waals surface area contributed by atoms with E-state index in [0.29, 0.717) is 11.1 Å². The second-order valence-electron chi connectivity index (χ2n) is 7.41. The molecule has 0 saturated carbocycles. The summed E-state index contributed by atoms with van der Waals surface area (Å²) in [7, 11) is -6.72. The van der Waals surface area contributed by atoms with Gasteiger partial charge in [-0.2, -0.15) is 0 Å². The van der Waals surface area contributed by atoms with Gasteiger partial charge >= 0.3 is 0 Å². The largest absolute Gasteiger partial charge is 0.506 e. The summed E-state index contributed by atoms with van der Waals surface area (Å²) >= 11 is 0. The van der Waals surface area contributed by atoms with E-state index in [0.717, 1.165) is 11.6 Å². The van der Waals surface area contributed by atoms with Crippen molar-refractivity contribution < 1.29 is 26.7 Å². The minimum atomic E-state index is -4.13. The maximum Gasteiger partial charge on any atom is 0.261 e. The number of sulfonamides is 1. The number of methoxy groups -OCH3 is 1. The number of phenolic OH excluding ortho intramolecular Hbond substituents is 1. The lowest BCUT2D eigenvalue weighted by Crippen LogP contribution is -2.14. The van der Waals surface area contributed by atoms with Gasteiger partial charge in [-0.1, -0.05) is 42.0 Å². The number of anilines is 1. The van der Waals surface area contributed by atoms with E-state index < -0.39 is 30.5 Å². The van der Waals surface area contributed by atoms with Crippen LogP contribution in [0.3, 0.4) is 0 Å². The molecule has 0 atom stereocenters. The van der Waals surface area contributed by atoms with Crippen molar-refractivity contribution in [3.63, 3.8) is 0 Å². The zero-order valence-corrected chi connectivity index (χ0v) is 19.4. The molecule has 2 N–H and O–H groups in total. The van der Waals surface area contributed by atoms with Crippen molar-refractivity contribution in [2.45, 2.75) is 21.6 Å². The fourth-order valence-electron chi connectivity index (χ4n) is 3.43. The van der Waals surface area contributed by atoms with E-state index in [1.807, 2.05) is 6.92 Å². The summed E-state index contributed by atoms with van der Waals surface area (Å²) in [5.74, 6) is 0.0501. The van der Waals surface area contributed by atoms with Crippen LogP contribution in [0.15, 0.2) is 93.5 Å². The molecule has 0 aliphatic carbocycles. The normalized spacial score (nSPS) is 11.9. The number of phenols is 1. The molecule has 9 heteroatoms. The van der Waals surface area contributed by atoms with Gasteiger partial charge in [0.2, 0.25) is 9.84 Å². The van der Waals surface area contributed by atoms with Crippen molar-refractivity contribution in [1.82, 2.24) is 0 Å². The lowest BCUT2D eigenvalue weighted by molar-refractivity contribution is 0.414. The molecular formula is C24H21NO6S2. The van der Waals surface area contributed by atoms with Crippen molar-refractivity contribution in [3.05, 3.63) is 84.4 Å². The molecule has 33 heavy (non-hydrogen) atoms. The third-order valence-corrected chi connectivity index (χ3v) is 8.38. The predicted octanol–water partition coefficient (Wildman–Crippen LogP) is 4.50. The van der Waals surface area contributed by atoms with Crippen LogP contribution in [0.1, 0.15) is 5.56 Å². The molecule has 0 unspecified atom stereocenters. The molecule has 0 bridgehead atoms.